The predicted octanol–water partition coefficient (Wildman–Crippen LogP) is 2.47. The topological polar surface area (TPSA) is 64.8 Å². The summed E-state index contributed by atoms with van der Waals surface area (Å²) in [6.07, 6.45) is 1.16. The van der Waals surface area contributed by atoms with Crippen LogP contribution >= 0.6 is 12.4 Å². The Bertz CT molecular complexity index is 426. The number of hydrogen-bond donors (Lipinski definition) is 1. The second kappa shape index (κ2) is 11.2. The maximum absolute atomic E-state index is 11.9. The van der Waals surface area contributed by atoms with E-state index in [1.807, 2.05) is 38.1 Å². The maximum atomic E-state index is 11.9. The van der Waals surface area contributed by atoms with Gasteiger partial charge in [0.2, 0.25) is 5.91 Å². The highest BCUT2D eigenvalue weighted by Gasteiger charge is 2.13. The van der Waals surface area contributed by atoms with Gasteiger partial charge in [0.15, 0.2) is 0 Å². The third-order valence-corrected chi connectivity index (χ3v) is 3.33. The van der Waals surface area contributed by atoms with Crippen LogP contribution in [0.4, 0.5) is 0 Å². The van der Waals surface area contributed by atoms with E-state index in [9.17, 15) is 4.79 Å². The Morgan fingerprint density at radius 1 is 1.23 bits per heavy atom. The molecule has 1 rings (SSSR count). The van der Waals surface area contributed by atoms with Gasteiger partial charge in [-0.2, -0.15) is 0 Å². The van der Waals surface area contributed by atoms with E-state index in [2.05, 4.69) is 0 Å². The van der Waals surface area contributed by atoms with Crippen LogP contribution in [0.2, 0.25) is 0 Å². The van der Waals surface area contributed by atoms with Crippen molar-refractivity contribution in [2.45, 2.75) is 32.7 Å². The van der Waals surface area contributed by atoms with E-state index in [1.54, 1.807) is 11.9 Å². The van der Waals surface area contributed by atoms with Crippen molar-refractivity contribution in [3.05, 3.63) is 24.3 Å². The van der Waals surface area contributed by atoms with E-state index in [4.69, 9.17) is 15.2 Å². The molecule has 1 aromatic rings. The first kappa shape index (κ1) is 20.5. The molecule has 0 aliphatic heterocycles. The highest BCUT2D eigenvalue weighted by Crippen LogP contribution is 2.17. The highest BCUT2D eigenvalue weighted by molar-refractivity contribution is 5.85. The lowest BCUT2D eigenvalue weighted by molar-refractivity contribution is -0.131. The Kier molecular flexibility index (Phi) is 10.4. The zero-order chi connectivity index (χ0) is 15.7. The lowest BCUT2D eigenvalue weighted by Crippen LogP contribution is -2.39. The largest absolute Gasteiger partial charge is 0.494 e. The van der Waals surface area contributed by atoms with E-state index in [1.165, 1.54) is 0 Å². The molecule has 0 fully saturated rings. The zero-order valence-electron chi connectivity index (χ0n) is 13.6. The van der Waals surface area contributed by atoms with Crippen LogP contribution in [0.1, 0.15) is 26.7 Å². The molecule has 5 nitrogen and oxygen atoms in total. The maximum Gasteiger partial charge on any atom is 0.222 e. The summed E-state index contributed by atoms with van der Waals surface area (Å²) in [5.74, 6) is 1.72. The number of carbonyl (C=O) groups is 1. The fourth-order valence-electron chi connectivity index (χ4n) is 1.79. The smallest absolute Gasteiger partial charge is 0.222 e. The first-order valence-electron chi connectivity index (χ1n) is 7.39. The number of rotatable bonds is 9. The Hall–Kier alpha value is -1.46. The van der Waals surface area contributed by atoms with Gasteiger partial charge in [-0.05, 0) is 44.5 Å². The van der Waals surface area contributed by atoms with Gasteiger partial charge >= 0.3 is 0 Å². The van der Waals surface area contributed by atoms with Crippen LogP contribution in [0.25, 0.3) is 0 Å². The van der Waals surface area contributed by atoms with Gasteiger partial charge < -0.3 is 20.1 Å². The van der Waals surface area contributed by atoms with Crippen LogP contribution in [0.3, 0.4) is 0 Å². The van der Waals surface area contributed by atoms with Gasteiger partial charge in [-0.25, -0.2) is 0 Å². The van der Waals surface area contributed by atoms with Gasteiger partial charge in [0.05, 0.1) is 13.2 Å². The minimum absolute atomic E-state index is 0. The molecule has 22 heavy (non-hydrogen) atoms. The standard InChI is InChI=1S/C16H26N2O3.ClH/c1-4-20-14-7-9-15(10-8-14)21-11-5-6-16(19)18(3)13(2)12-17;/h7-10,13H,4-6,11-12,17H2,1-3H3;1H. The molecule has 0 spiro atoms. The van der Waals surface area contributed by atoms with Gasteiger partial charge in [-0.3, -0.25) is 4.79 Å². The average molecular weight is 331 g/mol. The van der Waals surface area contributed by atoms with Crippen molar-refractivity contribution in [3.8, 4) is 11.5 Å². The Balaban J connectivity index is 0.00000441. The SMILES string of the molecule is CCOc1ccc(OCCCC(=O)N(C)C(C)CN)cc1.Cl. The monoisotopic (exact) mass is 330 g/mol. The summed E-state index contributed by atoms with van der Waals surface area (Å²) in [4.78, 5) is 13.6. The summed E-state index contributed by atoms with van der Waals surface area (Å²) < 4.78 is 11.0. The molecule has 0 radical (unpaired) electrons. The van der Waals surface area contributed by atoms with Crippen LogP contribution in [0, 0.1) is 0 Å². The van der Waals surface area contributed by atoms with Crippen LogP contribution in [0.15, 0.2) is 24.3 Å². The van der Waals surface area contributed by atoms with Crippen LogP contribution in [-0.4, -0.2) is 43.7 Å². The first-order valence-corrected chi connectivity index (χ1v) is 7.39. The molecular weight excluding hydrogens is 304 g/mol. The number of hydrogen-bond acceptors (Lipinski definition) is 4. The Morgan fingerprint density at radius 2 is 1.77 bits per heavy atom. The Morgan fingerprint density at radius 3 is 2.27 bits per heavy atom. The van der Waals surface area contributed by atoms with Crippen LogP contribution < -0.4 is 15.2 Å². The number of nitrogens with two attached hydrogens (primary N) is 1. The van der Waals surface area contributed by atoms with Crippen molar-refractivity contribution in [1.82, 2.24) is 4.90 Å². The Labute approximate surface area is 139 Å². The fourth-order valence-corrected chi connectivity index (χ4v) is 1.79. The second-order valence-electron chi connectivity index (χ2n) is 4.95. The average Bonchev–Trinajstić information content (AvgIpc) is 2.51. The van der Waals surface area contributed by atoms with Crippen molar-refractivity contribution in [3.63, 3.8) is 0 Å². The lowest BCUT2D eigenvalue weighted by Gasteiger charge is -2.23. The number of amides is 1. The minimum Gasteiger partial charge on any atom is -0.494 e. The van der Waals surface area contributed by atoms with Gasteiger partial charge in [0.25, 0.3) is 0 Å². The van der Waals surface area contributed by atoms with Crippen molar-refractivity contribution in [1.29, 1.82) is 0 Å². The number of halogens is 1. The fraction of sp³-hybridized carbons (Fsp3) is 0.562. The van der Waals surface area contributed by atoms with Crippen LogP contribution in [0.5, 0.6) is 11.5 Å². The first-order chi connectivity index (χ1) is 10.1. The number of carbonyl (C=O) groups excluding carboxylic acids is 1. The molecule has 0 aromatic heterocycles. The summed E-state index contributed by atoms with van der Waals surface area (Å²) in [5, 5.41) is 0. The molecule has 0 bridgehead atoms. The van der Waals surface area contributed by atoms with Crippen molar-refractivity contribution < 1.29 is 14.3 Å². The van der Waals surface area contributed by atoms with Crippen molar-refractivity contribution in [2.75, 3.05) is 26.8 Å². The van der Waals surface area contributed by atoms with E-state index in [-0.39, 0.29) is 24.4 Å². The molecular formula is C16H27ClN2O3. The number of benzene rings is 1. The van der Waals surface area contributed by atoms with E-state index < -0.39 is 0 Å². The van der Waals surface area contributed by atoms with Gasteiger partial charge in [-0.15, -0.1) is 12.4 Å². The molecule has 0 heterocycles. The predicted molar refractivity (Wildman–Crippen MR) is 90.9 cm³/mol. The molecule has 1 aromatic carbocycles. The van der Waals surface area contributed by atoms with Gasteiger partial charge in [-0.1, -0.05) is 0 Å². The van der Waals surface area contributed by atoms with Gasteiger partial charge in [0.1, 0.15) is 11.5 Å². The molecule has 1 atom stereocenters. The summed E-state index contributed by atoms with van der Waals surface area (Å²) in [6, 6.07) is 7.57. The van der Waals surface area contributed by atoms with Crippen LogP contribution in [-0.2, 0) is 4.79 Å². The third-order valence-electron chi connectivity index (χ3n) is 3.33. The molecule has 0 saturated heterocycles. The molecule has 6 heteroatoms. The minimum atomic E-state index is 0. The second-order valence-corrected chi connectivity index (χ2v) is 4.95. The third kappa shape index (κ3) is 7.00. The quantitative estimate of drug-likeness (QED) is 0.706. The van der Waals surface area contributed by atoms with Crippen molar-refractivity contribution in [2.24, 2.45) is 5.73 Å². The number of nitrogens with zero attached hydrogens (tertiary/aromatic N) is 1. The zero-order valence-corrected chi connectivity index (χ0v) is 14.4. The van der Waals surface area contributed by atoms with E-state index >= 15 is 0 Å². The van der Waals surface area contributed by atoms with E-state index in [0.717, 1.165) is 11.5 Å². The van der Waals surface area contributed by atoms with Gasteiger partial charge in [0, 0.05) is 26.1 Å². The summed E-state index contributed by atoms with van der Waals surface area (Å²) in [7, 11) is 1.78. The number of likely N-dealkylation sites (N-methyl/N-ethyl adjacent to an activating group) is 1. The molecule has 126 valence electrons. The molecule has 2 N–H and O–H groups in total. The van der Waals surface area contributed by atoms with Crippen molar-refractivity contribution >= 4 is 18.3 Å². The summed E-state index contributed by atoms with van der Waals surface area (Å²) in [5.41, 5.74) is 5.55. The molecule has 0 aliphatic rings. The molecule has 0 saturated carbocycles. The lowest BCUT2D eigenvalue weighted by atomic mass is 10.2. The molecule has 0 aliphatic carbocycles. The highest BCUT2D eigenvalue weighted by atomic mass is 35.5. The molecule has 1 unspecified atom stereocenters. The normalized spacial score (nSPS) is 11.3. The van der Waals surface area contributed by atoms with E-state index in [0.29, 0.717) is 32.6 Å². The summed E-state index contributed by atoms with van der Waals surface area (Å²) >= 11 is 0. The molecule has 1 amide bonds. The summed E-state index contributed by atoms with van der Waals surface area (Å²) in [6.45, 7) is 5.53. The number of ether oxygens (including phenoxy) is 2.